The molecule has 0 heterocycles. The maximum atomic E-state index is 11.4. The monoisotopic (exact) mass is 210 g/mol. The second-order valence-electron chi connectivity index (χ2n) is 3.79. The van der Waals surface area contributed by atoms with Crippen molar-refractivity contribution in [3.63, 3.8) is 0 Å². The second kappa shape index (κ2) is 3.91. The highest BCUT2D eigenvalue weighted by atomic mass is 32.2. The Hall–Kier alpha value is -0.170. The number of rotatable bonds is 4. The molecule has 0 spiro atoms. The first-order chi connectivity index (χ1) is 5.59. The third kappa shape index (κ3) is 3.60. The summed E-state index contributed by atoms with van der Waals surface area (Å²) in [5, 5.41) is 9.28. The molecule has 0 saturated carbocycles. The molecule has 0 aromatic heterocycles. The molecule has 1 unspecified atom stereocenters. The van der Waals surface area contributed by atoms with E-state index in [1.54, 1.807) is 13.8 Å². The van der Waals surface area contributed by atoms with Crippen molar-refractivity contribution in [2.24, 2.45) is 0 Å². The highest BCUT2D eigenvalue weighted by Gasteiger charge is 2.30. The molecule has 2 N–H and O–H groups in total. The number of hydrogen-bond donors (Lipinski definition) is 2. The molecular formula is C7H18N2O3S. The lowest BCUT2D eigenvalue weighted by Gasteiger charge is -2.30. The van der Waals surface area contributed by atoms with Crippen LogP contribution in [0.2, 0.25) is 0 Å². The van der Waals surface area contributed by atoms with Crippen molar-refractivity contribution in [2.75, 3.05) is 14.1 Å². The van der Waals surface area contributed by atoms with Crippen LogP contribution in [-0.4, -0.2) is 43.6 Å². The van der Waals surface area contributed by atoms with E-state index in [9.17, 15) is 13.5 Å². The summed E-state index contributed by atoms with van der Waals surface area (Å²) in [5.41, 5.74) is -0.858. The molecule has 1 atom stereocenters. The standard InChI is InChI=1S/C7H18N2O3S/c1-6(10)7(2,3)8-13(11,12)9(4)5/h6,8,10H,1-5H3. The number of aliphatic hydroxyl groups excluding tert-OH is 1. The summed E-state index contributed by atoms with van der Waals surface area (Å²) >= 11 is 0. The fourth-order valence-electron chi connectivity index (χ4n) is 0.509. The van der Waals surface area contributed by atoms with Crippen molar-refractivity contribution in [1.29, 1.82) is 0 Å². The Morgan fingerprint density at radius 3 is 2.00 bits per heavy atom. The average Bonchev–Trinajstić information content (AvgIpc) is 1.83. The summed E-state index contributed by atoms with van der Waals surface area (Å²) in [6, 6.07) is 0. The molecule has 0 aromatic rings. The smallest absolute Gasteiger partial charge is 0.279 e. The van der Waals surface area contributed by atoms with E-state index >= 15 is 0 Å². The summed E-state index contributed by atoms with van der Waals surface area (Å²) in [6.07, 6.45) is -0.748. The Morgan fingerprint density at radius 1 is 1.38 bits per heavy atom. The molecular weight excluding hydrogens is 192 g/mol. The summed E-state index contributed by atoms with van der Waals surface area (Å²) in [6.45, 7) is 4.79. The summed E-state index contributed by atoms with van der Waals surface area (Å²) in [5.74, 6) is 0. The maximum Gasteiger partial charge on any atom is 0.279 e. The molecule has 0 bridgehead atoms. The third-order valence-corrected chi connectivity index (χ3v) is 3.66. The third-order valence-electron chi connectivity index (χ3n) is 1.92. The predicted molar refractivity (Wildman–Crippen MR) is 51.5 cm³/mol. The lowest BCUT2D eigenvalue weighted by molar-refractivity contribution is 0.110. The SMILES string of the molecule is CC(O)C(C)(C)NS(=O)(=O)N(C)C. The Balaban J connectivity index is 4.63. The molecule has 0 aliphatic heterocycles. The Bertz CT molecular complexity index is 257. The van der Waals surface area contributed by atoms with Crippen LogP contribution in [0.15, 0.2) is 0 Å². The van der Waals surface area contributed by atoms with Gasteiger partial charge in [-0.15, -0.1) is 0 Å². The zero-order valence-corrected chi connectivity index (χ0v) is 9.51. The molecule has 6 heteroatoms. The Morgan fingerprint density at radius 2 is 1.77 bits per heavy atom. The highest BCUT2D eigenvalue weighted by Crippen LogP contribution is 2.10. The van der Waals surface area contributed by atoms with Gasteiger partial charge in [0.2, 0.25) is 0 Å². The summed E-state index contributed by atoms with van der Waals surface area (Å²) < 4.78 is 26.2. The molecule has 0 saturated heterocycles. The lowest BCUT2D eigenvalue weighted by Crippen LogP contribution is -2.53. The van der Waals surface area contributed by atoms with Gasteiger partial charge in [-0.25, -0.2) is 0 Å². The fourth-order valence-corrected chi connectivity index (χ4v) is 1.53. The molecule has 13 heavy (non-hydrogen) atoms. The van der Waals surface area contributed by atoms with Gasteiger partial charge in [0.15, 0.2) is 0 Å². The Kier molecular flexibility index (Phi) is 3.86. The van der Waals surface area contributed by atoms with E-state index in [-0.39, 0.29) is 0 Å². The topological polar surface area (TPSA) is 69.6 Å². The molecule has 0 fully saturated rings. The number of nitrogens with zero attached hydrogens (tertiary/aromatic N) is 1. The maximum absolute atomic E-state index is 11.4. The molecule has 0 amide bonds. The van der Waals surface area contributed by atoms with E-state index in [0.717, 1.165) is 4.31 Å². The van der Waals surface area contributed by atoms with Crippen LogP contribution < -0.4 is 4.72 Å². The van der Waals surface area contributed by atoms with Crippen LogP contribution in [0.25, 0.3) is 0 Å². The fraction of sp³-hybridized carbons (Fsp3) is 1.00. The van der Waals surface area contributed by atoms with Gasteiger partial charge >= 0.3 is 0 Å². The van der Waals surface area contributed by atoms with Gasteiger partial charge in [-0.1, -0.05) is 0 Å². The molecule has 5 nitrogen and oxygen atoms in total. The molecule has 0 aromatic carbocycles. The first-order valence-electron chi connectivity index (χ1n) is 3.99. The van der Waals surface area contributed by atoms with Crippen LogP contribution in [0.3, 0.4) is 0 Å². The molecule has 0 rings (SSSR count). The van der Waals surface area contributed by atoms with Crippen LogP contribution >= 0.6 is 0 Å². The minimum atomic E-state index is -3.48. The van der Waals surface area contributed by atoms with E-state index in [2.05, 4.69) is 4.72 Å². The molecule has 0 radical (unpaired) electrons. The van der Waals surface area contributed by atoms with Crippen molar-refractivity contribution in [2.45, 2.75) is 32.4 Å². The van der Waals surface area contributed by atoms with Gasteiger partial charge in [-0.05, 0) is 20.8 Å². The largest absolute Gasteiger partial charge is 0.391 e. The average molecular weight is 210 g/mol. The van der Waals surface area contributed by atoms with Gasteiger partial charge < -0.3 is 5.11 Å². The van der Waals surface area contributed by atoms with Crippen LogP contribution in [0.4, 0.5) is 0 Å². The lowest BCUT2D eigenvalue weighted by atomic mass is 10.0. The van der Waals surface area contributed by atoms with Gasteiger partial charge in [0.1, 0.15) is 0 Å². The number of hydrogen-bond acceptors (Lipinski definition) is 3. The molecule has 0 aliphatic rings. The van der Waals surface area contributed by atoms with E-state index in [0.29, 0.717) is 0 Å². The van der Waals surface area contributed by atoms with E-state index in [4.69, 9.17) is 0 Å². The van der Waals surface area contributed by atoms with Gasteiger partial charge in [0, 0.05) is 14.1 Å². The van der Waals surface area contributed by atoms with E-state index < -0.39 is 21.9 Å². The first-order valence-corrected chi connectivity index (χ1v) is 5.43. The van der Waals surface area contributed by atoms with Crippen LogP contribution in [0.1, 0.15) is 20.8 Å². The summed E-state index contributed by atoms with van der Waals surface area (Å²) in [4.78, 5) is 0. The number of aliphatic hydroxyl groups is 1. The van der Waals surface area contributed by atoms with Crippen LogP contribution in [0.5, 0.6) is 0 Å². The minimum Gasteiger partial charge on any atom is -0.391 e. The van der Waals surface area contributed by atoms with E-state index in [1.165, 1.54) is 21.0 Å². The second-order valence-corrected chi connectivity index (χ2v) is 5.67. The van der Waals surface area contributed by atoms with Crippen molar-refractivity contribution in [3.05, 3.63) is 0 Å². The van der Waals surface area contributed by atoms with Crippen molar-refractivity contribution >= 4 is 10.2 Å². The van der Waals surface area contributed by atoms with Crippen molar-refractivity contribution in [1.82, 2.24) is 9.03 Å². The van der Waals surface area contributed by atoms with E-state index in [1.807, 2.05) is 0 Å². The van der Waals surface area contributed by atoms with Crippen LogP contribution in [-0.2, 0) is 10.2 Å². The summed E-state index contributed by atoms with van der Waals surface area (Å²) in [7, 11) is -0.616. The van der Waals surface area contributed by atoms with Crippen LogP contribution in [0, 0.1) is 0 Å². The molecule has 80 valence electrons. The Labute approximate surface area is 79.9 Å². The highest BCUT2D eigenvalue weighted by molar-refractivity contribution is 7.87. The number of nitrogens with one attached hydrogen (secondary N) is 1. The normalized spacial score (nSPS) is 16.2. The van der Waals surface area contributed by atoms with Gasteiger partial charge in [-0.3, -0.25) is 0 Å². The first kappa shape index (κ1) is 12.8. The minimum absolute atomic E-state index is 0.748. The molecule has 0 aliphatic carbocycles. The zero-order valence-electron chi connectivity index (χ0n) is 8.70. The van der Waals surface area contributed by atoms with Gasteiger partial charge in [-0.2, -0.15) is 17.4 Å². The zero-order chi connectivity index (χ0) is 10.9. The quantitative estimate of drug-likeness (QED) is 0.660. The van der Waals surface area contributed by atoms with Gasteiger partial charge in [0.25, 0.3) is 10.2 Å². The van der Waals surface area contributed by atoms with Gasteiger partial charge in [0.05, 0.1) is 11.6 Å². The van der Waals surface area contributed by atoms with Crippen molar-refractivity contribution < 1.29 is 13.5 Å². The van der Waals surface area contributed by atoms with Crippen molar-refractivity contribution in [3.8, 4) is 0 Å². The predicted octanol–water partition coefficient (Wildman–Crippen LogP) is -0.458.